The second-order valence-electron chi connectivity index (χ2n) is 8.23. The van der Waals surface area contributed by atoms with Crippen molar-refractivity contribution in [3.63, 3.8) is 0 Å². The van der Waals surface area contributed by atoms with Crippen LogP contribution in [0.3, 0.4) is 0 Å². The Bertz CT molecular complexity index is 658. The van der Waals surface area contributed by atoms with E-state index in [2.05, 4.69) is 56.0 Å². The van der Waals surface area contributed by atoms with E-state index in [1.54, 1.807) is 0 Å². The molecule has 0 spiro atoms. The van der Waals surface area contributed by atoms with E-state index in [0.717, 1.165) is 32.4 Å². The van der Waals surface area contributed by atoms with Crippen LogP contribution in [0.25, 0.3) is 0 Å². The Hall–Kier alpha value is -1.41. The van der Waals surface area contributed by atoms with Gasteiger partial charge in [-0.15, -0.1) is 0 Å². The molecule has 2 saturated carbocycles. The van der Waals surface area contributed by atoms with E-state index in [4.69, 9.17) is 0 Å². The van der Waals surface area contributed by atoms with E-state index in [0.29, 0.717) is 17.7 Å². The Morgan fingerprint density at radius 2 is 1.91 bits per heavy atom. The Balaban J connectivity index is 1.68. The molecule has 1 aromatic rings. The number of ketones is 1. The highest BCUT2D eigenvalue weighted by atomic mass is 16.1. The van der Waals surface area contributed by atoms with Crippen molar-refractivity contribution in [3.8, 4) is 0 Å². The fourth-order valence-corrected chi connectivity index (χ4v) is 5.45. The summed E-state index contributed by atoms with van der Waals surface area (Å²) < 4.78 is 0. The van der Waals surface area contributed by atoms with Crippen LogP contribution in [-0.2, 0) is 11.3 Å². The molecule has 4 rings (SSSR count). The highest BCUT2D eigenvalue weighted by Gasteiger charge is 2.63. The maximum Gasteiger partial charge on any atom is 0.137 e. The molecule has 0 radical (unpaired) electrons. The number of rotatable bonds is 2. The van der Waals surface area contributed by atoms with Crippen molar-refractivity contribution >= 4 is 5.78 Å². The molecule has 3 aliphatic rings. The molecule has 0 bridgehead atoms. The van der Waals surface area contributed by atoms with Crippen molar-refractivity contribution in [1.29, 1.82) is 0 Å². The van der Waals surface area contributed by atoms with Gasteiger partial charge in [0.05, 0.1) is 0 Å². The van der Waals surface area contributed by atoms with Crippen molar-refractivity contribution in [2.24, 2.45) is 17.3 Å². The largest absolute Gasteiger partial charge is 0.299 e. The molecule has 0 aromatic heterocycles. The summed E-state index contributed by atoms with van der Waals surface area (Å²) in [6.45, 7) is 8.95. The molecule has 2 aliphatic carbocycles. The Labute approximate surface area is 139 Å². The number of nitrogens with zero attached hydrogens (tertiary/aromatic N) is 1. The lowest BCUT2D eigenvalue weighted by atomic mass is 9.63. The second-order valence-corrected chi connectivity index (χ2v) is 8.23. The van der Waals surface area contributed by atoms with Crippen molar-refractivity contribution in [2.45, 2.75) is 52.6 Å². The standard InChI is InChI=1S/C21H27NO/c1-14(2)16-9-18-19(23)11-17-13-22(20(10-16)21(17,18)3)12-15-7-5-4-6-8-15/h4-8,17-18,20H,9-13H2,1-3H3/t17-,18-,20-,21+/m1/s1. The van der Waals surface area contributed by atoms with E-state index in [-0.39, 0.29) is 11.3 Å². The third-order valence-corrected chi connectivity index (χ3v) is 6.91. The average Bonchev–Trinajstić information content (AvgIpc) is 2.93. The quantitative estimate of drug-likeness (QED) is 0.763. The SMILES string of the molecule is CC(C)=C1C[C@@H]2C(=O)C[C@@H]3CN(Cc4ccccc4)[C@H](C1)[C@@]32C. The minimum absolute atomic E-state index is 0.199. The second kappa shape index (κ2) is 5.31. The smallest absolute Gasteiger partial charge is 0.137 e. The monoisotopic (exact) mass is 309 g/mol. The van der Waals surface area contributed by atoms with Crippen LogP contribution in [0, 0.1) is 17.3 Å². The van der Waals surface area contributed by atoms with E-state index in [1.165, 1.54) is 16.7 Å². The van der Waals surface area contributed by atoms with Gasteiger partial charge in [-0.05, 0) is 43.6 Å². The number of hydrogen-bond acceptors (Lipinski definition) is 2. The molecule has 1 aliphatic heterocycles. The molecule has 0 unspecified atom stereocenters. The summed E-state index contributed by atoms with van der Waals surface area (Å²) in [5.41, 5.74) is 4.55. The number of hydrogen-bond donors (Lipinski definition) is 0. The molecule has 4 atom stereocenters. The summed E-state index contributed by atoms with van der Waals surface area (Å²) in [6.07, 6.45) is 2.98. The molecule has 122 valence electrons. The number of likely N-dealkylation sites (tertiary alicyclic amines) is 1. The topological polar surface area (TPSA) is 20.3 Å². The summed E-state index contributed by atoms with van der Waals surface area (Å²) in [6, 6.07) is 11.3. The first-order valence-corrected chi connectivity index (χ1v) is 8.96. The summed E-state index contributed by atoms with van der Waals surface area (Å²) >= 11 is 0. The number of Topliss-reactive ketones (excluding diaryl/α,β-unsaturated/α-hetero) is 1. The summed E-state index contributed by atoms with van der Waals surface area (Å²) in [4.78, 5) is 15.3. The molecule has 1 aromatic carbocycles. The Morgan fingerprint density at radius 3 is 2.61 bits per heavy atom. The van der Waals surface area contributed by atoms with Crippen LogP contribution in [0.2, 0.25) is 0 Å². The molecule has 3 fully saturated rings. The van der Waals surface area contributed by atoms with Crippen molar-refractivity contribution in [3.05, 3.63) is 47.0 Å². The Kier molecular flexibility index (Phi) is 3.49. The first-order valence-electron chi connectivity index (χ1n) is 8.96. The molecule has 2 nitrogen and oxygen atoms in total. The lowest BCUT2D eigenvalue weighted by Gasteiger charge is -2.44. The molecular weight excluding hydrogens is 282 g/mol. The maximum atomic E-state index is 12.6. The van der Waals surface area contributed by atoms with Gasteiger partial charge in [0.25, 0.3) is 0 Å². The van der Waals surface area contributed by atoms with Crippen molar-refractivity contribution in [2.75, 3.05) is 6.54 Å². The molecular formula is C21H27NO. The minimum atomic E-state index is 0.199. The number of carbonyl (C=O) groups is 1. The van der Waals surface area contributed by atoms with E-state index in [9.17, 15) is 4.79 Å². The fourth-order valence-electron chi connectivity index (χ4n) is 5.45. The zero-order valence-corrected chi connectivity index (χ0v) is 14.5. The molecule has 1 saturated heterocycles. The van der Waals surface area contributed by atoms with Crippen LogP contribution in [0.1, 0.15) is 45.6 Å². The van der Waals surface area contributed by atoms with Crippen LogP contribution in [0.4, 0.5) is 0 Å². The molecule has 1 heterocycles. The molecule has 0 amide bonds. The van der Waals surface area contributed by atoms with E-state index < -0.39 is 0 Å². The number of benzene rings is 1. The third kappa shape index (κ3) is 2.22. The van der Waals surface area contributed by atoms with Gasteiger partial charge in [-0.25, -0.2) is 0 Å². The van der Waals surface area contributed by atoms with Crippen LogP contribution >= 0.6 is 0 Å². The lowest BCUT2D eigenvalue weighted by Crippen LogP contribution is -2.46. The van der Waals surface area contributed by atoms with Crippen LogP contribution in [-0.4, -0.2) is 23.3 Å². The molecule has 23 heavy (non-hydrogen) atoms. The van der Waals surface area contributed by atoms with Gasteiger partial charge in [0, 0.05) is 31.5 Å². The highest BCUT2D eigenvalue weighted by Crippen LogP contribution is 2.60. The predicted molar refractivity (Wildman–Crippen MR) is 93.0 cm³/mol. The lowest BCUT2D eigenvalue weighted by molar-refractivity contribution is -0.123. The molecule has 0 N–H and O–H groups in total. The van der Waals surface area contributed by atoms with Crippen LogP contribution < -0.4 is 0 Å². The average molecular weight is 309 g/mol. The highest BCUT2D eigenvalue weighted by molar-refractivity contribution is 5.86. The van der Waals surface area contributed by atoms with E-state index in [1.807, 2.05) is 0 Å². The summed E-state index contributed by atoms with van der Waals surface area (Å²) in [7, 11) is 0. The number of allylic oxidation sites excluding steroid dienone is 1. The van der Waals surface area contributed by atoms with Crippen LogP contribution in [0.5, 0.6) is 0 Å². The van der Waals surface area contributed by atoms with Gasteiger partial charge in [0.1, 0.15) is 5.78 Å². The summed E-state index contributed by atoms with van der Waals surface area (Å²) in [5.74, 6) is 1.35. The van der Waals surface area contributed by atoms with Crippen LogP contribution in [0.15, 0.2) is 41.5 Å². The van der Waals surface area contributed by atoms with Gasteiger partial charge < -0.3 is 0 Å². The zero-order chi connectivity index (χ0) is 16.2. The van der Waals surface area contributed by atoms with Gasteiger partial charge in [-0.3, -0.25) is 9.69 Å². The van der Waals surface area contributed by atoms with Crippen molar-refractivity contribution in [1.82, 2.24) is 4.90 Å². The van der Waals surface area contributed by atoms with Gasteiger partial charge in [0.15, 0.2) is 0 Å². The predicted octanol–water partition coefficient (Wildman–Crippen LogP) is 4.21. The zero-order valence-electron chi connectivity index (χ0n) is 14.5. The maximum absolute atomic E-state index is 12.6. The molecule has 2 heteroatoms. The summed E-state index contributed by atoms with van der Waals surface area (Å²) in [5, 5.41) is 0. The fraction of sp³-hybridized carbons (Fsp3) is 0.571. The first kappa shape index (κ1) is 15.1. The van der Waals surface area contributed by atoms with Crippen molar-refractivity contribution < 1.29 is 4.79 Å². The minimum Gasteiger partial charge on any atom is -0.299 e. The van der Waals surface area contributed by atoms with Gasteiger partial charge >= 0.3 is 0 Å². The normalized spacial score (nSPS) is 36.4. The van der Waals surface area contributed by atoms with Gasteiger partial charge in [-0.2, -0.15) is 0 Å². The Morgan fingerprint density at radius 1 is 1.17 bits per heavy atom. The number of carbonyl (C=O) groups excluding carboxylic acids is 1. The van der Waals surface area contributed by atoms with Gasteiger partial charge in [0.2, 0.25) is 0 Å². The van der Waals surface area contributed by atoms with E-state index >= 15 is 0 Å². The third-order valence-electron chi connectivity index (χ3n) is 6.91. The first-order chi connectivity index (χ1) is 11.0. The van der Waals surface area contributed by atoms with Gasteiger partial charge in [-0.1, -0.05) is 48.4 Å².